The Hall–Kier alpha value is -1.86. The van der Waals surface area contributed by atoms with Crippen molar-refractivity contribution in [3.63, 3.8) is 0 Å². The molecule has 0 saturated heterocycles. The third kappa shape index (κ3) is 4.80. The summed E-state index contributed by atoms with van der Waals surface area (Å²) in [4.78, 5) is 26.0. The molecule has 0 radical (unpaired) electrons. The number of thioether (sulfide) groups is 1. The third-order valence-corrected chi connectivity index (χ3v) is 4.36. The van der Waals surface area contributed by atoms with Crippen LogP contribution in [0.2, 0.25) is 0 Å². The molecule has 23 heavy (non-hydrogen) atoms. The number of carbonyl (C=O) groups excluding carboxylic acids is 2. The van der Waals surface area contributed by atoms with E-state index in [9.17, 15) is 14.0 Å². The average molecular weight is 397 g/mol. The van der Waals surface area contributed by atoms with Gasteiger partial charge >= 0.3 is 0 Å². The van der Waals surface area contributed by atoms with Crippen LogP contribution in [0, 0.1) is 5.82 Å². The second-order valence-corrected chi connectivity index (χ2v) is 6.81. The van der Waals surface area contributed by atoms with E-state index in [1.807, 2.05) is 0 Å². The number of nitrogens with one attached hydrogen (secondary N) is 1. The van der Waals surface area contributed by atoms with Gasteiger partial charge in [-0.25, -0.2) is 4.39 Å². The van der Waals surface area contributed by atoms with E-state index in [4.69, 9.17) is 0 Å². The van der Waals surface area contributed by atoms with Gasteiger partial charge in [0.05, 0.1) is 5.56 Å². The van der Waals surface area contributed by atoms with Crippen molar-refractivity contribution in [2.24, 2.45) is 0 Å². The minimum Gasteiger partial charge on any atom is -0.339 e. The summed E-state index contributed by atoms with van der Waals surface area (Å²) in [5.74, 6) is -1.15. The maximum absolute atomic E-state index is 13.8. The monoisotopic (exact) mass is 396 g/mol. The number of hydrogen-bond acceptors (Lipinski definition) is 3. The number of rotatable bonds is 3. The second-order valence-electron chi connectivity index (χ2n) is 4.87. The van der Waals surface area contributed by atoms with Crippen LogP contribution in [0.4, 0.5) is 14.9 Å². The summed E-state index contributed by atoms with van der Waals surface area (Å²) in [5.41, 5.74) is 0.449. The van der Waals surface area contributed by atoms with Gasteiger partial charge < -0.3 is 10.2 Å². The molecule has 2 amide bonds. The Kier molecular flexibility index (Phi) is 5.79. The summed E-state index contributed by atoms with van der Waals surface area (Å²) >= 11 is 4.20. The molecule has 4 nitrogen and oxygen atoms in total. The van der Waals surface area contributed by atoms with Crippen molar-refractivity contribution < 1.29 is 14.0 Å². The highest BCUT2D eigenvalue weighted by atomic mass is 79.9. The maximum atomic E-state index is 13.8. The lowest BCUT2D eigenvalue weighted by molar-refractivity contribution is 0.102. The summed E-state index contributed by atoms with van der Waals surface area (Å²) in [5, 5.41) is 2.51. The second kappa shape index (κ2) is 7.61. The van der Waals surface area contributed by atoms with Crippen LogP contribution in [0.1, 0.15) is 10.4 Å². The predicted molar refractivity (Wildman–Crippen MR) is 93.4 cm³/mol. The molecule has 0 heterocycles. The minimum absolute atomic E-state index is 0.0457. The fraction of sp³-hybridized carbons (Fsp3) is 0.125. The summed E-state index contributed by atoms with van der Waals surface area (Å²) in [6, 6.07) is 11.1. The smallest absolute Gasteiger partial charge is 0.285 e. The minimum atomic E-state index is -0.606. The Morgan fingerprint density at radius 1 is 1.17 bits per heavy atom. The number of carbonyl (C=O) groups is 2. The molecule has 2 aromatic carbocycles. The van der Waals surface area contributed by atoms with Crippen molar-refractivity contribution >= 4 is 44.5 Å². The number of benzene rings is 2. The standard InChI is InChI=1S/C16H14BrFN2O2S/c1-20(2)16(22)23-12-5-3-4-11(9-12)19-15(21)13-7-6-10(17)8-14(13)18/h3-9H,1-2H3,(H,19,21). The van der Waals surface area contributed by atoms with Gasteiger partial charge in [0.1, 0.15) is 5.82 Å². The van der Waals surface area contributed by atoms with E-state index < -0.39 is 11.7 Å². The molecule has 2 aromatic rings. The highest BCUT2D eigenvalue weighted by Gasteiger charge is 2.13. The van der Waals surface area contributed by atoms with Crippen molar-refractivity contribution in [1.29, 1.82) is 0 Å². The first-order chi connectivity index (χ1) is 10.9. The normalized spacial score (nSPS) is 10.3. The van der Waals surface area contributed by atoms with E-state index in [1.165, 1.54) is 17.0 Å². The van der Waals surface area contributed by atoms with Crippen LogP contribution < -0.4 is 5.32 Å². The molecule has 0 aromatic heterocycles. The van der Waals surface area contributed by atoms with Gasteiger partial charge in [0.25, 0.3) is 11.1 Å². The van der Waals surface area contributed by atoms with Crippen molar-refractivity contribution in [3.8, 4) is 0 Å². The Balaban J connectivity index is 2.13. The van der Waals surface area contributed by atoms with Gasteiger partial charge in [0, 0.05) is 29.2 Å². The maximum Gasteiger partial charge on any atom is 0.285 e. The quantitative estimate of drug-likeness (QED) is 0.770. The first-order valence-electron chi connectivity index (χ1n) is 6.62. The Labute approximate surface area is 146 Å². The molecule has 2 rings (SSSR count). The molecule has 0 atom stereocenters. The predicted octanol–water partition coefficient (Wildman–Crippen LogP) is 4.61. The van der Waals surface area contributed by atoms with Crippen LogP contribution in [-0.4, -0.2) is 30.1 Å². The zero-order valence-electron chi connectivity index (χ0n) is 12.5. The summed E-state index contributed by atoms with van der Waals surface area (Å²) in [6.45, 7) is 0. The zero-order valence-corrected chi connectivity index (χ0v) is 14.9. The van der Waals surface area contributed by atoms with E-state index >= 15 is 0 Å². The Morgan fingerprint density at radius 3 is 2.57 bits per heavy atom. The average Bonchev–Trinajstić information content (AvgIpc) is 2.47. The molecule has 1 N–H and O–H groups in total. The molecule has 120 valence electrons. The number of halogens is 2. The summed E-state index contributed by atoms with van der Waals surface area (Å²) in [7, 11) is 3.33. The van der Waals surface area contributed by atoms with Gasteiger partial charge in [-0.2, -0.15) is 0 Å². The topological polar surface area (TPSA) is 49.4 Å². The molecule has 0 bridgehead atoms. The fourth-order valence-corrected chi connectivity index (χ4v) is 2.75. The van der Waals surface area contributed by atoms with Gasteiger partial charge in [-0.05, 0) is 48.2 Å². The van der Waals surface area contributed by atoms with Crippen LogP contribution in [0.25, 0.3) is 0 Å². The van der Waals surface area contributed by atoms with Crippen LogP contribution in [0.3, 0.4) is 0 Å². The molecule has 0 aliphatic carbocycles. The molecule has 0 unspecified atom stereocenters. The molecule has 0 spiro atoms. The van der Waals surface area contributed by atoms with E-state index in [0.29, 0.717) is 15.1 Å². The van der Waals surface area contributed by atoms with Gasteiger partial charge in [-0.3, -0.25) is 9.59 Å². The van der Waals surface area contributed by atoms with Crippen LogP contribution in [0.5, 0.6) is 0 Å². The van der Waals surface area contributed by atoms with Crippen LogP contribution in [0.15, 0.2) is 51.8 Å². The largest absolute Gasteiger partial charge is 0.339 e. The Morgan fingerprint density at radius 2 is 1.91 bits per heavy atom. The fourth-order valence-electron chi connectivity index (χ4n) is 1.70. The third-order valence-electron chi connectivity index (χ3n) is 2.84. The zero-order chi connectivity index (χ0) is 17.0. The summed E-state index contributed by atoms with van der Waals surface area (Å²) < 4.78 is 14.4. The number of amides is 2. The lowest BCUT2D eigenvalue weighted by atomic mass is 10.2. The van der Waals surface area contributed by atoms with E-state index in [-0.39, 0.29) is 10.8 Å². The number of nitrogens with zero attached hydrogens (tertiary/aromatic N) is 1. The van der Waals surface area contributed by atoms with Crippen molar-refractivity contribution in [1.82, 2.24) is 4.90 Å². The number of anilines is 1. The van der Waals surface area contributed by atoms with Gasteiger partial charge in [0.2, 0.25) is 0 Å². The van der Waals surface area contributed by atoms with E-state index in [0.717, 1.165) is 11.8 Å². The highest BCUT2D eigenvalue weighted by Crippen LogP contribution is 2.24. The van der Waals surface area contributed by atoms with Crippen LogP contribution >= 0.6 is 27.7 Å². The summed E-state index contributed by atoms with van der Waals surface area (Å²) in [6.07, 6.45) is 0. The van der Waals surface area contributed by atoms with Crippen LogP contribution in [-0.2, 0) is 0 Å². The van der Waals surface area contributed by atoms with Crippen molar-refractivity contribution in [2.75, 3.05) is 19.4 Å². The molecular formula is C16H14BrFN2O2S. The van der Waals surface area contributed by atoms with Crippen molar-refractivity contribution in [2.45, 2.75) is 4.90 Å². The Bertz CT molecular complexity index is 753. The van der Waals surface area contributed by atoms with Gasteiger partial charge in [0.15, 0.2) is 0 Å². The first kappa shape index (κ1) is 17.5. The van der Waals surface area contributed by atoms with E-state index in [1.54, 1.807) is 44.4 Å². The first-order valence-corrected chi connectivity index (χ1v) is 8.23. The molecule has 0 aliphatic rings. The highest BCUT2D eigenvalue weighted by molar-refractivity contribution is 9.10. The molecular weight excluding hydrogens is 383 g/mol. The lowest BCUT2D eigenvalue weighted by Gasteiger charge is -2.10. The SMILES string of the molecule is CN(C)C(=O)Sc1cccc(NC(=O)c2ccc(Br)cc2F)c1. The molecule has 7 heteroatoms. The lowest BCUT2D eigenvalue weighted by Crippen LogP contribution is -2.16. The molecule has 0 aliphatic heterocycles. The van der Waals surface area contributed by atoms with Gasteiger partial charge in [-0.1, -0.05) is 22.0 Å². The number of hydrogen-bond donors (Lipinski definition) is 1. The molecule has 0 fully saturated rings. The van der Waals surface area contributed by atoms with E-state index in [2.05, 4.69) is 21.2 Å². The molecule has 0 saturated carbocycles. The van der Waals surface area contributed by atoms with Gasteiger partial charge in [-0.15, -0.1) is 0 Å². The van der Waals surface area contributed by atoms with Crippen molar-refractivity contribution in [3.05, 3.63) is 58.3 Å².